The highest BCUT2D eigenvalue weighted by Gasteiger charge is 2.35. The summed E-state index contributed by atoms with van der Waals surface area (Å²) in [6.07, 6.45) is 4.21. The van der Waals surface area contributed by atoms with Crippen LogP contribution in [0.2, 0.25) is 0 Å². The summed E-state index contributed by atoms with van der Waals surface area (Å²) in [5.74, 6) is 0.416. The number of fused-ring (bicyclic) bond motifs is 7. The van der Waals surface area contributed by atoms with Crippen molar-refractivity contribution >= 4 is 11.7 Å². The molecule has 200 valence electrons. The third-order valence-corrected chi connectivity index (χ3v) is 6.80. The maximum Gasteiger partial charge on any atom is 0.389 e. The SMILES string of the molecule is CCN1C(=O)N[C@@H](CCC(F)(F)F)CCCCCOc2nc(cn3ccnc23)-c2ccnc(c2)C1(C)C. The van der Waals surface area contributed by atoms with E-state index in [4.69, 9.17) is 9.72 Å². The van der Waals surface area contributed by atoms with Gasteiger partial charge in [0, 0.05) is 49.4 Å². The molecule has 37 heavy (non-hydrogen) atoms. The number of ether oxygens (including phenoxy) is 1. The van der Waals surface area contributed by atoms with Crippen molar-refractivity contribution in [3.05, 3.63) is 42.6 Å². The molecule has 4 bridgehead atoms. The number of carbonyl (C=O) groups excluding carboxylic acids is 1. The lowest BCUT2D eigenvalue weighted by Crippen LogP contribution is -2.52. The van der Waals surface area contributed by atoms with Gasteiger partial charge >= 0.3 is 12.2 Å². The quantitative estimate of drug-likeness (QED) is 0.479. The van der Waals surface area contributed by atoms with E-state index in [2.05, 4.69) is 15.3 Å². The average molecular weight is 519 g/mol. The van der Waals surface area contributed by atoms with Crippen molar-refractivity contribution in [3.63, 3.8) is 0 Å². The fourth-order valence-electron chi connectivity index (χ4n) is 4.71. The van der Waals surface area contributed by atoms with Gasteiger partial charge in [-0.05, 0) is 58.6 Å². The van der Waals surface area contributed by atoms with E-state index in [-0.39, 0.29) is 6.42 Å². The molecule has 0 radical (unpaired) electrons. The zero-order valence-corrected chi connectivity index (χ0v) is 21.4. The summed E-state index contributed by atoms with van der Waals surface area (Å²) in [5, 5.41) is 2.88. The highest BCUT2D eigenvalue weighted by molar-refractivity contribution is 5.75. The van der Waals surface area contributed by atoms with Gasteiger partial charge in [-0.3, -0.25) is 4.98 Å². The van der Waals surface area contributed by atoms with Crippen LogP contribution < -0.4 is 10.1 Å². The monoisotopic (exact) mass is 518 g/mol. The van der Waals surface area contributed by atoms with Crippen molar-refractivity contribution in [2.24, 2.45) is 0 Å². The van der Waals surface area contributed by atoms with E-state index in [0.717, 1.165) is 12.0 Å². The van der Waals surface area contributed by atoms with Crippen LogP contribution in [0, 0.1) is 0 Å². The predicted octanol–water partition coefficient (Wildman–Crippen LogP) is 5.72. The van der Waals surface area contributed by atoms with Gasteiger partial charge in [-0.2, -0.15) is 13.2 Å². The Morgan fingerprint density at radius 3 is 2.76 bits per heavy atom. The van der Waals surface area contributed by atoms with Crippen LogP contribution in [0.15, 0.2) is 36.9 Å². The molecule has 0 fully saturated rings. The molecule has 3 aromatic rings. The van der Waals surface area contributed by atoms with Crippen molar-refractivity contribution in [3.8, 4) is 17.1 Å². The number of halogens is 3. The fourth-order valence-corrected chi connectivity index (χ4v) is 4.71. The second-order valence-electron chi connectivity index (χ2n) is 9.82. The van der Waals surface area contributed by atoms with E-state index in [1.54, 1.807) is 17.3 Å². The number of alkyl halides is 3. The van der Waals surface area contributed by atoms with Crippen molar-refractivity contribution in [2.45, 2.75) is 77.1 Å². The Bertz CT molecular complexity index is 1230. The van der Waals surface area contributed by atoms with Crippen LogP contribution in [0.5, 0.6) is 5.88 Å². The average Bonchev–Trinajstić information content (AvgIpc) is 3.32. The van der Waals surface area contributed by atoms with Crippen LogP contribution in [0.3, 0.4) is 0 Å². The minimum Gasteiger partial charge on any atom is -0.475 e. The van der Waals surface area contributed by atoms with E-state index < -0.39 is 30.2 Å². The van der Waals surface area contributed by atoms with Crippen molar-refractivity contribution in [1.82, 2.24) is 29.6 Å². The molecular formula is C26H33F3N6O2. The molecule has 2 amide bonds. The normalized spacial score (nSPS) is 19.2. The molecular weight excluding hydrogens is 485 g/mol. The summed E-state index contributed by atoms with van der Waals surface area (Å²) < 4.78 is 46.8. The molecule has 4 heterocycles. The van der Waals surface area contributed by atoms with Gasteiger partial charge in [0.05, 0.1) is 23.5 Å². The molecule has 0 aliphatic carbocycles. The van der Waals surface area contributed by atoms with Crippen LogP contribution in [0.1, 0.15) is 65.0 Å². The largest absolute Gasteiger partial charge is 0.475 e. The summed E-state index contributed by atoms with van der Waals surface area (Å²) in [6.45, 7) is 6.35. The summed E-state index contributed by atoms with van der Waals surface area (Å²) >= 11 is 0. The van der Waals surface area contributed by atoms with Crippen molar-refractivity contribution in [2.75, 3.05) is 13.2 Å². The maximum atomic E-state index is 13.4. The number of nitrogens with zero attached hydrogens (tertiary/aromatic N) is 5. The number of amides is 2. The fraction of sp³-hybridized carbons (Fsp3) is 0.538. The molecule has 1 atom stereocenters. The van der Waals surface area contributed by atoms with Gasteiger partial charge < -0.3 is 19.4 Å². The van der Waals surface area contributed by atoms with E-state index >= 15 is 0 Å². The number of hydrogen-bond donors (Lipinski definition) is 1. The minimum absolute atomic E-state index is 0.162. The highest BCUT2D eigenvalue weighted by atomic mass is 19.4. The first-order chi connectivity index (χ1) is 17.6. The number of hydrogen-bond acceptors (Lipinski definition) is 5. The molecule has 4 rings (SSSR count). The topological polar surface area (TPSA) is 84.7 Å². The number of urea groups is 1. The smallest absolute Gasteiger partial charge is 0.389 e. The Kier molecular flexibility index (Phi) is 7.89. The number of rotatable bonds is 3. The number of imidazole rings is 1. The lowest BCUT2D eigenvalue weighted by Gasteiger charge is -2.38. The third-order valence-electron chi connectivity index (χ3n) is 6.80. The van der Waals surface area contributed by atoms with Crippen molar-refractivity contribution < 1.29 is 22.7 Å². The summed E-state index contributed by atoms with van der Waals surface area (Å²) in [6, 6.07) is 2.73. The Morgan fingerprint density at radius 1 is 1.19 bits per heavy atom. The van der Waals surface area contributed by atoms with Gasteiger partial charge in [0.25, 0.3) is 5.88 Å². The van der Waals surface area contributed by atoms with Crippen molar-refractivity contribution in [1.29, 1.82) is 0 Å². The molecule has 0 unspecified atom stereocenters. The molecule has 3 aromatic heterocycles. The van der Waals surface area contributed by atoms with Crippen LogP contribution in [0.4, 0.5) is 18.0 Å². The first-order valence-corrected chi connectivity index (χ1v) is 12.7. The van der Waals surface area contributed by atoms with E-state index in [9.17, 15) is 18.0 Å². The molecule has 1 N–H and O–H groups in total. The van der Waals surface area contributed by atoms with E-state index in [1.807, 2.05) is 49.7 Å². The number of pyridine rings is 1. The summed E-state index contributed by atoms with van der Waals surface area (Å²) in [5.41, 5.74) is 1.87. The van der Waals surface area contributed by atoms with Crippen LogP contribution in [-0.4, -0.2) is 55.7 Å². The van der Waals surface area contributed by atoms with E-state index in [1.165, 1.54) is 0 Å². The van der Waals surface area contributed by atoms with Crippen LogP contribution in [-0.2, 0) is 5.54 Å². The Labute approximate surface area is 214 Å². The van der Waals surface area contributed by atoms with Gasteiger partial charge in [-0.25, -0.2) is 14.8 Å². The minimum atomic E-state index is -4.28. The second-order valence-corrected chi connectivity index (χ2v) is 9.82. The standard InChI is InChI=1S/C26H33F3N6O2/c1-4-35-24(36)32-19(9-11-26(27,28)29)8-6-5-7-15-37-23-22-31-13-14-34(22)17-20(33-23)18-10-12-30-21(16-18)25(35,2)3/h10,12-14,16-17,19H,4-9,11,15H2,1-3H3,(H,32,36)/t19-/m1/s1. The van der Waals surface area contributed by atoms with Gasteiger partial charge in [-0.15, -0.1) is 0 Å². The summed E-state index contributed by atoms with van der Waals surface area (Å²) in [4.78, 5) is 28.6. The zero-order chi connectivity index (χ0) is 26.6. The van der Waals surface area contributed by atoms with Crippen LogP contribution >= 0.6 is 0 Å². The molecule has 0 saturated heterocycles. The highest BCUT2D eigenvalue weighted by Crippen LogP contribution is 2.31. The molecule has 0 aromatic carbocycles. The van der Waals surface area contributed by atoms with Gasteiger partial charge in [0.1, 0.15) is 0 Å². The predicted molar refractivity (Wildman–Crippen MR) is 133 cm³/mol. The third kappa shape index (κ3) is 6.31. The lowest BCUT2D eigenvalue weighted by atomic mass is 9.95. The molecule has 1 aliphatic heterocycles. The second kappa shape index (κ2) is 10.9. The van der Waals surface area contributed by atoms with Crippen LogP contribution in [0.25, 0.3) is 16.9 Å². The number of nitrogens with one attached hydrogen (secondary N) is 1. The summed E-state index contributed by atoms with van der Waals surface area (Å²) in [7, 11) is 0. The Morgan fingerprint density at radius 2 is 2.00 bits per heavy atom. The molecule has 1 aliphatic rings. The lowest BCUT2D eigenvalue weighted by molar-refractivity contribution is -0.136. The first kappa shape index (κ1) is 26.7. The number of carbonyl (C=O) groups is 1. The van der Waals surface area contributed by atoms with E-state index in [0.29, 0.717) is 55.3 Å². The maximum absolute atomic E-state index is 13.4. The first-order valence-electron chi connectivity index (χ1n) is 12.7. The molecule has 11 heteroatoms. The zero-order valence-electron chi connectivity index (χ0n) is 21.4. The Balaban J connectivity index is 1.71. The van der Waals surface area contributed by atoms with Gasteiger partial charge in [-0.1, -0.05) is 6.42 Å². The van der Waals surface area contributed by atoms with Gasteiger partial charge in [0.15, 0.2) is 0 Å². The molecule has 8 nitrogen and oxygen atoms in total. The molecule has 0 spiro atoms. The molecule has 0 saturated carbocycles. The number of aromatic nitrogens is 4. The Hall–Kier alpha value is -3.37. The van der Waals surface area contributed by atoms with Gasteiger partial charge in [0.2, 0.25) is 5.65 Å².